The first kappa shape index (κ1) is 19.6. The number of hydrogen-bond donors (Lipinski definition) is 1. The molecule has 0 fully saturated rings. The smallest absolute Gasteiger partial charge is 0.278 e. The van der Waals surface area contributed by atoms with Crippen LogP contribution in [0.2, 0.25) is 0 Å². The van der Waals surface area contributed by atoms with Gasteiger partial charge in [-0.2, -0.15) is 0 Å². The van der Waals surface area contributed by atoms with Gasteiger partial charge in [-0.15, -0.1) is 5.10 Å². The summed E-state index contributed by atoms with van der Waals surface area (Å²) in [6.45, 7) is 7.45. The van der Waals surface area contributed by atoms with Crippen molar-refractivity contribution in [3.63, 3.8) is 0 Å². The van der Waals surface area contributed by atoms with Crippen LogP contribution in [0, 0.1) is 12.8 Å². The molecule has 6 heteroatoms. The van der Waals surface area contributed by atoms with E-state index in [1.165, 1.54) is 0 Å². The minimum atomic E-state index is -0.273. The third kappa shape index (κ3) is 5.19. The lowest BCUT2D eigenvalue weighted by Gasteiger charge is -2.09. The molecule has 0 aliphatic rings. The van der Waals surface area contributed by atoms with Crippen LogP contribution in [0.15, 0.2) is 54.6 Å². The molecule has 1 N–H and O–H groups in total. The zero-order valence-corrected chi connectivity index (χ0v) is 16.6. The summed E-state index contributed by atoms with van der Waals surface area (Å²) in [5.41, 5.74) is 2.86. The summed E-state index contributed by atoms with van der Waals surface area (Å²) in [5, 5.41) is 11.0. The second-order valence-corrected chi connectivity index (χ2v) is 7.18. The highest BCUT2D eigenvalue weighted by Gasteiger charge is 2.16. The average Bonchev–Trinajstić information content (AvgIpc) is 3.04. The number of ether oxygens (including phenoxy) is 1. The largest absolute Gasteiger partial charge is 0.494 e. The van der Waals surface area contributed by atoms with Gasteiger partial charge in [-0.25, -0.2) is 4.68 Å². The number of hydrogen-bond acceptors (Lipinski definition) is 4. The van der Waals surface area contributed by atoms with Crippen LogP contribution in [-0.4, -0.2) is 27.5 Å². The van der Waals surface area contributed by atoms with Crippen LogP contribution in [0.4, 0.5) is 5.69 Å². The van der Waals surface area contributed by atoms with Gasteiger partial charge in [0.05, 0.1) is 18.8 Å². The summed E-state index contributed by atoms with van der Waals surface area (Å²) in [7, 11) is 0. The Morgan fingerprint density at radius 2 is 1.82 bits per heavy atom. The molecule has 0 spiro atoms. The van der Waals surface area contributed by atoms with Gasteiger partial charge in [0.2, 0.25) is 0 Å². The van der Waals surface area contributed by atoms with E-state index in [1.807, 2.05) is 61.5 Å². The molecular weight excluding hydrogens is 352 g/mol. The van der Waals surface area contributed by atoms with Gasteiger partial charge in [0.15, 0.2) is 5.69 Å². The van der Waals surface area contributed by atoms with Crippen molar-refractivity contribution in [3.05, 3.63) is 71.5 Å². The van der Waals surface area contributed by atoms with Gasteiger partial charge in [-0.3, -0.25) is 4.79 Å². The van der Waals surface area contributed by atoms with Gasteiger partial charge < -0.3 is 10.1 Å². The van der Waals surface area contributed by atoms with Crippen LogP contribution in [0.3, 0.4) is 0 Å². The fourth-order valence-corrected chi connectivity index (χ4v) is 2.71. The van der Waals surface area contributed by atoms with E-state index in [0.717, 1.165) is 23.4 Å². The quantitative estimate of drug-likeness (QED) is 0.634. The Labute approximate surface area is 165 Å². The van der Waals surface area contributed by atoms with Crippen molar-refractivity contribution in [3.8, 4) is 5.75 Å². The number of nitrogens with one attached hydrogen (secondary N) is 1. The standard InChI is InChI=1S/C22H26N4O2/c1-16(2)13-14-28-20-11-9-19(10-12-20)23-22(27)21-17(3)26(25-24-21)15-18-7-5-4-6-8-18/h4-12,16H,13-15H2,1-3H3,(H,23,27). The molecule has 0 bridgehead atoms. The molecule has 0 unspecified atom stereocenters. The second-order valence-electron chi connectivity index (χ2n) is 7.18. The first-order valence-electron chi connectivity index (χ1n) is 9.51. The third-order valence-corrected chi connectivity index (χ3v) is 4.45. The molecule has 1 heterocycles. The maximum atomic E-state index is 12.6. The Bertz CT molecular complexity index is 902. The van der Waals surface area contributed by atoms with Gasteiger partial charge >= 0.3 is 0 Å². The zero-order chi connectivity index (χ0) is 19.9. The Morgan fingerprint density at radius 3 is 2.50 bits per heavy atom. The van der Waals surface area contributed by atoms with Crippen molar-refractivity contribution in [2.75, 3.05) is 11.9 Å². The molecule has 146 valence electrons. The molecule has 0 saturated carbocycles. The van der Waals surface area contributed by atoms with Gasteiger partial charge in [-0.1, -0.05) is 49.4 Å². The minimum absolute atomic E-state index is 0.273. The zero-order valence-electron chi connectivity index (χ0n) is 16.6. The molecule has 0 saturated heterocycles. The molecule has 6 nitrogen and oxygen atoms in total. The van der Waals surface area contributed by atoms with Gasteiger partial charge in [0.25, 0.3) is 5.91 Å². The summed E-state index contributed by atoms with van der Waals surface area (Å²) in [5.74, 6) is 1.13. The molecule has 0 atom stereocenters. The number of benzene rings is 2. The van der Waals surface area contributed by atoms with Crippen molar-refractivity contribution in [1.82, 2.24) is 15.0 Å². The van der Waals surface area contributed by atoms with E-state index in [0.29, 0.717) is 30.5 Å². The van der Waals surface area contributed by atoms with Crippen LogP contribution < -0.4 is 10.1 Å². The summed E-state index contributed by atoms with van der Waals surface area (Å²) in [4.78, 5) is 12.6. The fourth-order valence-electron chi connectivity index (χ4n) is 2.71. The number of carbonyl (C=O) groups excluding carboxylic acids is 1. The molecule has 3 aromatic rings. The highest BCUT2D eigenvalue weighted by molar-refractivity contribution is 6.03. The predicted molar refractivity (Wildman–Crippen MR) is 110 cm³/mol. The number of nitrogens with zero attached hydrogens (tertiary/aromatic N) is 3. The maximum absolute atomic E-state index is 12.6. The van der Waals surface area contributed by atoms with Crippen molar-refractivity contribution in [2.45, 2.75) is 33.7 Å². The Hall–Kier alpha value is -3.15. The van der Waals surface area contributed by atoms with Crippen LogP contribution >= 0.6 is 0 Å². The van der Waals surface area contributed by atoms with Crippen molar-refractivity contribution in [1.29, 1.82) is 0 Å². The SMILES string of the molecule is Cc1c(C(=O)Nc2ccc(OCCC(C)C)cc2)nnn1Cc1ccccc1. The summed E-state index contributed by atoms with van der Waals surface area (Å²) >= 11 is 0. The molecule has 0 aliphatic heterocycles. The van der Waals surface area contributed by atoms with Crippen molar-refractivity contribution >= 4 is 11.6 Å². The van der Waals surface area contributed by atoms with E-state index >= 15 is 0 Å². The monoisotopic (exact) mass is 378 g/mol. The van der Waals surface area contributed by atoms with Gasteiger partial charge in [-0.05, 0) is 49.1 Å². The number of rotatable bonds is 8. The van der Waals surface area contributed by atoms with Gasteiger partial charge in [0.1, 0.15) is 5.75 Å². The first-order valence-corrected chi connectivity index (χ1v) is 9.51. The molecule has 0 radical (unpaired) electrons. The van der Waals surface area contributed by atoms with E-state index in [-0.39, 0.29) is 5.91 Å². The molecular formula is C22H26N4O2. The van der Waals surface area contributed by atoms with E-state index in [2.05, 4.69) is 29.5 Å². The van der Waals surface area contributed by atoms with E-state index in [4.69, 9.17) is 4.74 Å². The topological polar surface area (TPSA) is 69.0 Å². The Balaban J connectivity index is 1.60. The molecule has 0 aliphatic carbocycles. The van der Waals surface area contributed by atoms with Gasteiger partial charge in [0, 0.05) is 5.69 Å². The Kier molecular flexibility index (Phi) is 6.42. The molecule has 28 heavy (non-hydrogen) atoms. The van der Waals surface area contributed by atoms with E-state index in [1.54, 1.807) is 4.68 Å². The number of amides is 1. The predicted octanol–water partition coefficient (Wildman–Crippen LogP) is 4.31. The Morgan fingerprint density at radius 1 is 1.11 bits per heavy atom. The average molecular weight is 378 g/mol. The third-order valence-electron chi connectivity index (χ3n) is 4.45. The highest BCUT2D eigenvalue weighted by atomic mass is 16.5. The lowest BCUT2D eigenvalue weighted by atomic mass is 10.1. The highest BCUT2D eigenvalue weighted by Crippen LogP contribution is 2.18. The number of aromatic nitrogens is 3. The second kappa shape index (κ2) is 9.17. The minimum Gasteiger partial charge on any atom is -0.494 e. The van der Waals surface area contributed by atoms with Crippen LogP contribution in [0.25, 0.3) is 0 Å². The first-order chi connectivity index (χ1) is 13.5. The lowest BCUT2D eigenvalue weighted by Crippen LogP contribution is -2.14. The van der Waals surface area contributed by atoms with E-state index in [9.17, 15) is 4.79 Å². The van der Waals surface area contributed by atoms with Crippen LogP contribution in [0.5, 0.6) is 5.75 Å². The van der Waals surface area contributed by atoms with Crippen molar-refractivity contribution < 1.29 is 9.53 Å². The molecule has 1 aromatic heterocycles. The lowest BCUT2D eigenvalue weighted by molar-refractivity contribution is 0.102. The normalized spacial score (nSPS) is 10.9. The van der Waals surface area contributed by atoms with Crippen LogP contribution in [0.1, 0.15) is 42.0 Å². The number of carbonyl (C=O) groups is 1. The van der Waals surface area contributed by atoms with Crippen LogP contribution in [-0.2, 0) is 6.54 Å². The van der Waals surface area contributed by atoms with Crippen molar-refractivity contribution in [2.24, 2.45) is 5.92 Å². The summed E-state index contributed by atoms with van der Waals surface area (Å²) in [6.07, 6.45) is 1.01. The number of anilines is 1. The van der Waals surface area contributed by atoms with E-state index < -0.39 is 0 Å². The fraction of sp³-hybridized carbons (Fsp3) is 0.318. The molecule has 3 rings (SSSR count). The molecule has 1 amide bonds. The summed E-state index contributed by atoms with van der Waals surface area (Å²) in [6, 6.07) is 17.3. The maximum Gasteiger partial charge on any atom is 0.278 e. The summed E-state index contributed by atoms with van der Waals surface area (Å²) < 4.78 is 7.43. The molecule has 2 aromatic carbocycles.